The Morgan fingerprint density at radius 1 is 1.00 bits per heavy atom. The van der Waals surface area contributed by atoms with E-state index in [9.17, 15) is 13.2 Å². The monoisotopic (exact) mass is 401 g/mol. The average Bonchev–Trinajstić information content (AvgIpc) is 2.70. The Kier molecular flexibility index (Phi) is 6.05. The van der Waals surface area contributed by atoms with Gasteiger partial charge in [0.25, 0.3) is 5.91 Å². The fourth-order valence-corrected chi connectivity index (χ4v) is 5.08. The van der Waals surface area contributed by atoms with Crippen LogP contribution in [0, 0.1) is 6.92 Å². The molecule has 0 aliphatic carbocycles. The predicted molar refractivity (Wildman–Crippen MR) is 113 cm³/mol. The molecule has 2 aromatic carbocycles. The largest absolute Gasteiger partial charge is 0.378 e. The number of aryl methyl sites for hydroxylation is 1. The maximum atomic E-state index is 13.0. The minimum Gasteiger partial charge on any atom is -0.378 e. The van der Waals surface area contributed by atoms with Crippen molar-refractivity contribution in [2.45, 2.75) is 31.1 Å². The van der Waals surface area contributed by atoms with Gasteiger partial charge in [-0.05, 0) is 61.7 Å². The second-order valence-corrected chi connectivity index (χ2v) is 9.25. The Hall–Kier alpha value is -2.38. The Morgan fingerprint density at radius 2 is 1.64 bits per heavy atom. The van der Waals surface area contributed by atoms with Crippen molar-refractivity contribution in [2.24, 2.45) is 0 Å². The third-order valence-electron chi connectivity index (χ3n) is 5.02. The first kappa shape index (κ1) is 20.4. The van der Waals surface area contributed by atoms with E-state index in [1.165, 1.54) is 0 Å². The molecule has 1 aliphatic heterocycles. The molecule has 28 heavy (non-hydrogen) atoms. The van der Waals surface area contributed by atoms with Gasteiger partial charge in [-0.2, -0.15) is 4.31 Å². The Bertz CT molecular complexity index is 947. The van der Waals surface area contributed by atoms with E-state index < -0.39 is 10.0 Å². The minimum absolute atomic E-state index is 0.259. The molecular formula is C21H27N3O3S. The van der Waals surface area contributed by atoms with Crippen molar-refractivity contribution in [3.05, 3.63) is 53.6 Å². The summed E-state index contributed by atoms with van der Waals surface area (Å²) in [5.74, 6) is -0.268. The summed E-state index contributed by atoms with van der Waals surface area (Å²) >= 11 is 0. The molecule has 1 fully saturated rings. The molecule has 0 spiro atoms. The molecule has 3 rings (SSSR count). The summed E-state index contributed by atoms with van der Waals surface area (Å²) < 4.78 is 27.6. The van der Waals surface area contributed by atoms with Gasteiger partial charge in [0.1, 0.15) is 0 Å². The molecule has 0 bridgehead atoms. The van der Waals surface area contributed by atoms with Gasteiger partial charge in [-0.25, -0.2) is 8.42 Å². The highest BCUT2D eigenvalue weighted by atomic mass is 32.2. The van der Waals surface area contributed by atoms with E-state index in [2.05, 4.69) is 5.32 Å². The second kappa shape index (κ2) is 8.32. The van der Waals surface area contributed by atoms with E-state index in [0.717, 1.165) is 24.9 Å². The van der Waals surface area contributed by atoms with Crippen molar-refractivity contribution in [2.75, 3.05) is 37.4 Å². The maximum Gasteiger partial charge on any atom is 0.255 e. The Labute approximate surface area is 167 Å². The summed E-state index contributed by atoms with van der Waals surface area (Å²) in [6, 6.07) is 12.3. The van der Waals surface area contributed by atoms with Crippen molar-refractivity contribution in [1.82, 2.24) is 4.31 Å². The van der Waals surface area contributed by atoms with Gasteiger partial charge in [-0.3, -0.25) is 4.79 Å². The molecule has 0 atom stereocenters. The fraction of sp³-hybridized carbons (Fsp3) is 0.381. The fourth-order valence-electron chi connectivity index (χ4n) is 3.31. The number of rotatable bonds is 5. The van der Waals surface area contributed by atoms with Crippen LogP contribution in [0.4, 0.5) is 11.4 Å². The van der Waals surface area contributed by atoms with Crippen molar-refractivity contribution in [1.29, 1.82) is 0 Å². The van der Waals surface area contributed by atoms with Crippen LogP contribution in [-0.4, -0.2) is 45.8 Å². The first-order valence-electron chi connectivity index (χ1n) is 9.48. The van der Waals surface area contributed by atoms with Gasteiger partial charge < -0.3 is 10.2 Å². The van der Waals surface area contributed by atoms with Crippen LogP contribution in [0.5, 0.6) is 0 Å². The number of nitrogens with zero attached hydrogens (tertiary/aromatic N) is 2. The number of carbonyl (C=O) groups excluding carboxylic acids is 1. The SMILES string of the molecule is Cc1ccc(NC(=O)c2ccc(N(C)C)cc2)cc1S(=O)(=O)N1CCCCC1. The summed E-state index contributed by atoms with van der Waals surface area (Å²) in [6.07, 6.45) is 2.84. The van der Waals surface area contributed by atoms with E-state index in [1.807, 2.05) is 31.1 Å². The molecule has 2 aromatic rings. The van der Waals surface area contributed by atoms with Crippen LogP contribution < -0.4 is 10.2 Å². The smallest absolute Gasteiger partial charge is 0.255 e. The maximum absolute atomic E-state index is 13.0. The molecule has 150 valence electrons. The summed E-state index contributed by atoms with van der Waals surface area (Å²) in [7, 11) is 0.318. The molecule has 6 nitrogen and oxygen atoms in total. The number of anilines is 2. The molecule has 1 saturated heterocycles. The van der Waals surface area contributed by atoms with Gasteiger partial charge in [-0.15, -0.1) is 0 Å². The zero-order valence-corrected chi connectivity index (χ0v) is 17.4. The van der Waals surface area contributed by atoms with Crippen LogP contribution in [0.25, 0.3) is 0 Å². The molecule has 1 heterocycles. The Morgan fingerprint density at radius 3 is 2.25 bits per heavy atom. The van der Waals surface area contributed by atoms with Crippen molar-refractivity contribution < 1.29 is 13.2 Å². The number of sulfonamides is 1. The van der Waals surface area contributed by atoms with Crippen molar-refractivity contribution in [3.8, 4) is 0 Å². The molecule has 1 amide bonds. The van der Waals surface area contributed by atoms with Crippen LogP contribution in [0.3, 0.4) is 0 Å². The van der Waals surface area contributed by atoms with Crippen LogP contribution in [0.2, 0.25) is 0 Å². The standard InChI is InChI=1S/C21H27N3O3S/c1-16-7-10-18(15-20(16)28(26,27)24-13-5-4-6-14-24)22-21(25)17-8-11-19(12-9-17)23(2)3/h7-12,15H,4-6,13-14H2,1-3H3,(H,22,25). The van der Waals surface area contributed by atoms with Crippen LogP contribution >= 0.6 is 0 Å². The summed E-state index contributed by atoms with van der Waals surface area (Å²) in [5, 5.41) is 2.81. The van der Waals surface area contributed by atoms with Gasteiger partial charge in [0.15, 0.2) is 0 Å². The van der Waals surface area contributed by atoms with Gasteiger partial charge in [-0.1, -0.05) is 12.5 Å². The third-order valence-corrected chi connectivity index (χ3v) is 7.07. The number of benzene rings is 2. The molecular weight excluding hydrogens is 374 g/mol. The molecule has 0 aromatic heterocycles. The van der Waals surface area contributed by atoms with Gasteiger partial charge in [0.05, 0.1) is 4.90 Å². The zero-order valence-electron chi connectivity index (χ0n) is 16.6. The van der Waals surface area contributed by atoms with E-state index in [0.29, 0.717) is 29.9 Å². The number of hydrogen-bond acceptors (Lipinski definition) is 4. The lowest BCUT2D eigenvalue weighted by Gasteiger charge is -2.26. The lowest BCUT2D eigenvalue weighted by Crippen LogP contribution is -2.36. The molecule has 7 heteroatoms. The topological polar surface area (TPSA) is 69.7 Å². The third kappa shape index (κ3) is 4.36. The Balaban J connectivity index is 1.82. The number of nitrogens with one attached hydrogen (secondary N) is 1. The number of carbonyl (C=O) groups is 1. The van der Waals surface area contributed by atoms with E-state index in [1.54, 1.807) is 41.6 Å². The molecule has 0 saturated carbocycles. The highest BCUT2D eigenvalue weighted by Gasteiger charge is 2.27. The summed E-state index contributed by atoms with van der Waals surface area (Å²) in [6.45, 7) is 2.88. The number of piperidine rings is 1. The summed E-state index contributed by atoms with van der Waals surface area (Å²) in [5.41, 5.74) is 2.68. The van der Waals surface area contributed by atoms with Gasteiger partial charge in [0.2, 0.25) is 10.0 Å². The number of amides is 1. The molecule has 1 aliphatic rings. The average molecular weight is 402 g/mol. The van der Waals surface area contributed by atoms with Crippen molar-refractivity contribution >= 4 is 27.3 Å². The molecule has 0 radical (unpaired) electrons. The van der Waals surface area contributed by atoms with E-state index in [4.69, 9.17) is 0 Å². The zero-order chi connectivity index (χ0) is 20.3. The van der Waals surface area contributed by atoms with Crippen LogP contribution in [0.1, 0.15) is 35.2 Å². The lowest BCUT2D eigenvalue weighted by atomic mass is 10.1. The first-order chi connectivity index (χ1) is 13.3. The summed E-state index contributed by atoms with van der Waals surface area (Å²) in [4.78, 5) is 14.8. The van der Waals surface area contributed by atoms with Gasteiger partial charge >= 0.3 is 0 Å². The van der Waals surface area contributed by atoms with Gasteiger partial charge in [0, 0.05) is 44.1 Å². The van der Waals surface area contributed by atoms with Crippen LogP contribution in [-0.2, 0) is 10.0 Å². The normalized spacial score (nSPS) is 15.2. The van der Waals surface area contributed by atoms with E-state index in [-0.39, 0.29) is 10.8 Å². The molecule has 0 unspecified atom stereocenters. The molecule has 1 N–H and O–H groups in total. The predicted octanol–water partition coefficient (Wildman–Crippen LogP) is 3.49. The minimum atomic E-state index is -3.55. The highest BCUT2D eigenvalue weighted by Crippen LogP contribution is 2.26. The quantitative estimate of drug-likeness (QED) is 0.833. The van der Waals surface area contributed by atoms with Crippen LogP contribution in [0.15, 0.2) is 47.4 Å². The highest BCUT2D eigenvalue weighted by molar-refractivity contribution is 7.89. The van der Waals surface area contributed by atoms with E-state index >= 15 is 0 Å². The first-order valence-corrected chi connectivity index (χ1v) is 10.9. The lowest BCUT2D eigenvalue weighted by molar-refractivity contribution is 0.102. The van der Waals surface area contributed by atoms with Crippen molar-refractivity contribution in [3.63, 3.8) is 0 Å². The second-order valence-electron chi connectivity index (χ2n) is 7.34. The number of hydrogen-bond donors (Lipinski definition) is 1.